The molecule has 2 heterocycles. The number of rotatable bonds is 6. The van der Waals surface area contributed by atoms with Crippen molar-refractivity contribution in [2.24, 2.45) is 0 Å². The molecule has 0 spiro atoms. The van der Waals surface area contributed by atoms with Gasteiger partial charge in [0, 0.05) is 34.9 Å². The van der Waals surface area contributed by atoms with Crippen molar-refractivity contribution in [1.29, 1.82) is 0 Å². The maximum absolute atomic E-state index is 12.8. The van der Waals surface area contributed by atoms with Gasteiger partial charge in [-0.25, -0.2) is 9.97 Å². The first-order chi connectivity index (χ1) is 12.3. The van der Waals surface area contributed by atoms with Gasteiger partial charge in [-0.2, -0.15) is 8.78 Å². The maximum atomic E-state index is 12.8. The van der Waals surface area contributed by atoms with Crippen molar-refractivity contribution < 1.29 is 18.3 Å². The quantitative estimate of drug-likeness (QED) is 0.422. The van der Waals surface area contributed by atoms with E-state index in [2.05, 4.69) is 20.3 Å². The fourth-order valence-electron chi connectivity index (χ4n) is 2.30. The lowest BCUT2D eigenvalue weighted by Crippen LogP contribution is -2.27. The Balaban J connectivity index is 1.63. The number of nitrogens with one attached hydrogen (secondary N) is 2. The van der Waals surface area contributed by atoms with Crippen molar-refractivity contribution in [3.63, 3.8) is 0 Å². The van der Waals surface area contributed by atoms with Crippen molar-refractivity contribution >= 4 is 39.5 Å². The zero-order valence-electron chi connectivity index (χ0n) is 13.7. The third-order valence-electron chi connectivity index (χ3n) is 3.59. The Morgan fingerprint density at radius 2 is 2.12 bits per heavy atom. The van der Waals surface area contributed by atoms with Crippen LogP contribution in [0.25, 0.3) is 11.0 Å². The third kappa shape index (κ3) is 4.65. The number of nitrogens with zero attached hydrogens (tertiary/aromatic N) is 2. The number of benzene rings is 1. The average Bonchev–Trinajstić information content (AvgIpc) is 3.04. The van der Waals surface area contributed by atoms with Crippen molar-refractivity contribution in [1.82, 2.24) is 20.3 Å². The number of para-hydroxylation sites is 2. The number of aromatic amines is 1. The monoisotopic (exact) mass is 472 g/mol. The van der Waals surface area contributed by atoms with E-state index in [1.165, 1.54) is 12.3 Å². The molecule has 1 amide bonds. The number of imidazole rings is 1. The minimum absolute atomic E-state index is 0.0981. The van der Waals surface area contributed by atoms with Crippen LogP contribution in [0.1, 0.15) is 29.1 Å². The lowest BCUT2D eigenvalue weighted by Gasteiger charge is -2.14. The Morgan fingerprint density at radius 3 is 2.77 bits per heavy atom. The summed E-state index contributed by atoms with van der Waals surface area (Å²) in [7, 11) is 0. The van der Waals surface area contributed by atoms with Gasteiger partial charge in [0.05, 0.1) is 17.1 Å². The standard InChI is InChI=1S/C17H15F2IN4O2/c1-10(11-6-7-14(21-8-11)26-9-17(18,19)20)22-16(25)15-23-12-4-2-3-5-13(12)24-15/h2-8,10H,9H2,1H3,(H,22,25)(H,23,24). The number of halogens is 3. The zero-order chi connectivity index (χ0) is 18.7. The van der Waals surface area contributed by atoms with E-state index in [0.29, 0.717) is 11.1 Å². The Morgan fingerprint density at radius 1 is 1.35 bits per heavy atom. The van der Waals surface area contributed by atoms with Gasteiger partial charge in [-0.1, -0.05) is 18.2 Å². The van der Waals surface area contributed by atoms with Crippen LogP contribution in [0.4, 0.5) is 8.78 Å². The molecule has 1 aromatic carbocycles. The van der Waals surface area contributed by atoms with E-state index < -0.39 is 10.5 Å². The molecule has 0 aliphatic rings. The molecule has 9 heteroatoms. The molecule has 1 unspecified atom stereocenters. The molecule has 0 saturated carbocycles. The Kier molecular flexibility index (Phi) is 5.35. The molecule has 0 aliphatic carbocycles. The van der Waals surface area contributed by atoms with E-state index in [9.17, 15) is 13.6 Å². The first-order valence-corrected chi connectivity index (χ1v) is 8.81. The highest BCUT2D eigenvalue weighted by Crippen LogP contribution is 2.23. The number of carbonyl (C=O) groups excluding carboxylic acids is 1. The molecule has 0 bridgehead atoms. The molecule has 3 aromatic rings. The van der Waals surface area contributed by atoms with Gasteiger partial charge in [0.25, 0.3) is 5.91 Å². The first kappa shape index (κ1) is 18.5. The van der Waals surface area contributed by atoms with Gasteiger partial charge >= 0.3 is 3.93 Å². The van der Waals surface area contributed by atoms with Crippen LogP contribution in [0.15, 0.2) is 42.6 Å². The maximum Gasteiger partial charge on any atom is 0.329 e. The van der Waals surface area contributed by atoms with Crippen LogP contribution in [0.5, 0.6) is 5.88 Å². The lowest BCUT2D eigenvalue weighted by atomic mass is 10.1. The van der Waals surface area contributed by atoms with Crippen LogP contribution in [-0.4, -0.2) is 31.4 Å². The number of alkyl halides is 3. The number of fused-ring (bicyclic) bond motifs is 1. The number of carbonyl (C=O) groups is 1. The second kappa shape index (κ2) is 7.52. The summed E-state index contributed by atoms with van der Waals surface area (Å²) >= 11 is 1.00. The van der Waals surface area contributed by atoms with Gasteiger partial charge in [-0.3, -0.25) is 4.79 Å². The minimum atomic E-state index is -2.95. The van der Waals surface area contributed by atoms with Crippen molar-refractivity contribution in [2.75, 3.05) is 6.61 Å². The van der Waals surface area contributed by atoms with Crippen molar-refractivity contribution in [3.05, 3.63) is 54.0 Å². The van der Waals surface area contributed by atoms with Crippen LogP contribution in [0, 0.1) is 0 Å². The van der Waals surface area contributed by atoms with Gasteiger partial charge in [0.2, 0.25) is 5.88 Å². The van der Waals surface area contributed by atoms with Crippen molar-refractivity contribution in [3.8, 4) is 5.88 Å². The molecular formula is C17H15F2IN4O2. The largest absolute Gasteiger partial charge is 0.470 e. The Hall–Kier alpha value is -2.30. The molecule has 0 fully saturated rings. The molecule has 26 heavy (non-hydrogen) atoms. The van der Waals surface area contributed by atoms with Crippen LogP contribution in [0.2, 0.25) is 0 Å². The summed E-state index contributed by atoms with van der Waals surface area (Å²) in [5.41, 5.74) is 2.20. The normalized spacial score (nSPS) is 12.8. The van der Waals surface area contributed by atoms with Gasteiger partial charge in [-0.05, 0) is 24.6 Å². The van der Waals surface area contributed by atoms with Gasteiger partial charge in [-0.15, -0.1) is 0 Å². The molecule has 3 rings (SSSR count). The SMILES string of the molecule is CC(NC(=O)c1nc2ccccc2[nH]1)c1ccc(OCC(F)(F)I)nc1. The molecule has 1 atom stereocenters. The summed E-state index contributed by atoms with van der Waals surface area (Å²) in [5.74, 6) is -0.0327. The molecular weight excluding hydrogens is 457 g/mol. The lowest BCUT2D eigenvalue weighted by molar-refractivity contribution is 0.0625. The smallest absolute Gasteiger partial charge is 0.329 e. The number of ether oxygens (including phenoxy) is 1. The first-order valence-electron chi connectivity index (χ1n) is 7.73. The molecule has 136 valence electrons. The molecule has 0 saturated heterocycles. The fraction of sp³-hybridized carbons (Fsp3) is 0.235. The van der Waals surface area contributed by atoms with E-state index in [1.54, 1.807) is 13.0 Å². The molecule has 0 radical (unpaired) electrons. The highest BCUT2D eigenvalue weighted by molar-refractivity contribution is 14.1. The van der Waals surface area contributed by atoms with Gasteiger partial charge in [0.1, 0.15) is 0 Å². The van der Waals surface area contributed by atoms with E-state index in [4.69, 9.17) is 4.74 Å². The molecule has 2 N–H and O–H groups in total. The average molecular weight is 472 g/mol. The van der Waals surface area contributed by atoms with Gasteiger partial charge in [0.15, 0.2) is 12.4 Å². The van der Waals surface area contributed by atoms with Crippen LogP contribution in [-0.2, 0) is 0 Å². The topological polar surface area (TPSA) is 79.9 Å². The third-order valence-corrected chi connectivity index (χ3v) is 3.91. The summed E-state index contributed by atoms with van der Waals surface area (Å²) in [6.45, 7) is 1.04. The Bertz CT molecular complexity index is 876. The molecule has 6 nitrogen and oxygen atoms in total. The van der Waals surface area contributed by atoms with Gasteiger partial charge < -0.3 is 15.0 Å². The number of hydrogen-bond acceptors (Lipinski definition) is 4. The summed E-state index contributed by atoms with van der Waals surface area (Å²) in [6, 6.07) is 10.2. The number of H-pyrrole nitrogens is 1. The second-order valence-corrected chi connectivity index (χ2v) is 7.21. The van der Waals surface area contributed by atoms with Crippen LogP contribution in [0.3, 0.4) is 0 Å². The summed E-state index contributed by atoms with van der Waals surface area (Å²) in [6.07, 6.45) is 1.48. The highest BCUT2D eigenvalue weighted by Gasteiger charge is 2.25. The summed E-state index contributed by atoms with van der Waals surface area (Å²) in [5, 5.41) is 2.81. The predicted molar refractivity (Wildman–Crippen MR) is 101 cm³/mol. The molecule has 0 aliphatic heterocycles. The zero-order valence-corrected chi connectivity index (χ0v) is 15.8. The van der Waals surface area contributed by atoms with Crippen molar-refractivity contribution in [2.45, 2.75) is 16.9 Å². The van der Waals surface area contributed by atoms with E-state index in [-0.39, 0.29) is 23.7 Å². The number of pyridine rings is 1. The highest BCUT2D eigenvalue weighted by atomic mass is 127. The predicted octanol–water partition coefficient (Wildman–Crippen LogP) is 3.86. The number of amides is 1. The number of aromatic nitrogens is 3. The summed E-state index contributed by atoms with van der Waals surface area (Å²) < 4.78 is 27.5. The second-order valence-electron chi connectivity index (χ2n) is 5.63. The minimum Gasteiger partial charge on any atom is -0.470 e. The van der Waals surface area contributed by atoms with Crippen LogP contribution < -0.4 is 10.1 Å². The summed E-state index contributed by atoms with van der Waals surface area (Å²) in [4.78, 5) is 23.5. The van der Waals surface area contributed by atoms with E-state index in [1.807, 2.05) is 24.3 Å². The number of hydrogen-bond donors (Lipinski definition) is 2. The van der Waals surface area contributed by atoms with E-state index >= 15 is 0 Å². The van der Waals surface area contributed by atoms with E-state index in [0.717, 1.165) is 28.1 Å². The Labute approximate surface area is 161 Å². The fourth-order valence-corrected chi connectivity index (χ4v) is 2.45. The van der Waals surface area contributed by atoms with Crippen LogP contribution >= 0.6 is 22.6 Å². The molecule has 2 aromatic heterocycles.